The molecule has 0 radical (unpaired) electrons. The molecule has 1 amide bonds. The van der Waals surface area contributed by atoms with Gasteiger partial charge in [-0.25, -0.2) is 4.98 Å². The molecule has 120 valence electrons. The third kappa shape index (κ3) is 2.67. The topological polar surface area (TPSA) is 89.8 Å². The number of nitrogens with one attached hydrogen (secondary N) is 1. The monoisotopic (exact) mass is 349 g/mol. The number of carbonyl (C=O) groups excluding carboxylic acids is 1. The van der Waals surface area contributed by atoms with Crippen molar-refractivity contribution in [2.75, 3.05) is 11.1 Å². The number of thioether (sulfide) groups is 1. The van der Waals surface area contributed by atoms with Gasteiger partial charge < -0.3 is 5.32 Å². The molecule has 2 aromatic rings. The van der Waals surface area contributed by atoms with E-state index in [0.29, 0.717) is 10.9 Å². The van der Waals surface area contributed by atoms with Gasteiger partial charge in [-0.2, -0.15) is 0 Å². The number of anilines is 1. The number of hydrogen-bond acceptors (Lipinski definition) is 7. The predicted molar refractivity (Wildman–Crippen MR) is 88.2 cm³/mol. The summed E-state index contributed by atoms with van der Waals surface area (Å²) in [5.41, 5.74) is 1.82. The fourth-order valence-corrected chi connectivity index (χ4v) is 4.80. The first-order valence-electron chi connectivity index (χ1n) is 7.49. The molecule has 0 spiro atoms. The van der Waals surface area contributed by atoms with E-state index < -0.39 is 0 Å². The Labute approximate surface area is 140 Å². The molecule has 1 unspecified atom stereocenters. The van der Waals surface area contributed by atoms with E-state index in [1.165, 1.54) is 11.3 Å². The fraction of sp³-hybridized carbons (Fsp3) is 0.500. The highest BCUT2D eigenvalue weighted by Gasteiger charge is 2.31. The Bertz CT molecular complexity index is 844. The largest absolute Gasteiger partial charge is 0.300 e. The van der Waals surface area contributed by atoms with Gasteiger partial charge >= 0.3 is 0 Å². The minimum absolute atomic E-state index is 0.0389. The Balaban J connectivity index is 1.55. The molecule has 23 heavy (non-hydrogen) atoms. The first-order chi connectivity index (χ1) is 11.1. The van der Waals surface area contributed by atoms with Crippen LogP contribution in [-0.4, -0.2) is 31.4 Å². The van der Waals surface area contributed by atoms with Gasteiger partial charge in [0.05, 0.1) is 11.7 Å². The second-order valence-electron chi connectivity index (χ2n) is 5.69. The van der Waals surface area contributed by atoms with Crippen molar-refractivity contribution in [1.82, 2.24) is 19.7 Å². The van der Waals surface area contributed by atoms with Gasteiger partial charge in [0.25, 0.3) is 5.56 Å². The van der Waals surface area contributed by atoms with Gasteiger partial charge in [0.2, 0.25) is 11.0 Å². The van der Waals surface area contributed by atoms with Gasteiger partial charge in [0.1, 0.15) is 5.01 Å². The zero-order valence-corrected chi connectivity index (χ0v) is 14.2. The molecule has 0 aromatic carbocycles. The first kappa shape index (κ1) is 14.8. The molecule has 2 aromatic heterocycles. The highest BCUT2D eigenvalue weighted by molar-refractivity contribution is 7.99. The molecule has 2 aliphatic rings. The molecule has 0 saturated heterocycles. The molecule has 3 heterocycles. The molecule has 1 atom stereocenters. The molecule has 4 rings (SSSR count). The van der Waals surface area contributed by atoms with Gasteiger partial charge in [0.15, 0.2) is 5.16 Å². The fourth-order valence-electron chi connectivity index (χ4n) is 3.03. The van der Waals surface area contributed by atoms with E-state index >= 15 is 0 Å². The lowest BCUT2D eigenvalue weighted by Crippen LogP contribution is -2.30. The van der Waals surface area contributed by atoms with Crippen LogP contribution >= 0.6 is 23.1 Å². The third-order valence-corrected chi connectivity index (χ3v) is 5.92. The minimum Gasteiger partial charge on any atom is -0.300 e. The van der Waals surface area contributed by atoms with Gasteiger partial charge in [-0.15, -0.1) is 10.2 Å². The second kappa shape index (κ2) is 5.72. The standard InChI is InChI=1S/C14H15N5O2S2/c1-7-17-18-13(23-7)16-11(20)5-8-6-22-14-15-10-4-2-3-9(10)12(21)19(8)14/h8H,2-6H2,1H3,(H,16,18,20). The molecule has 1 aliphatic carbocycles. The summed E-state index contributed by atoms with van der Waals surface area (Å²) in [6.07, 6.45) is 2.93. The quantitative estimate of drug-likeness (QED) is 0.846. The number of amides is 1. The number of nitrogens with zero attached hydrogens (tertiary/aromatic N) is 4. The van der Waals surface area contributed by atoms with Crippen molar-refractivity contribution >= 4 is 34.1 Å². The highest BCUT2D eigenvalue weighted by Crippen LogP contribution is 2.34. The zero-order valence-electron chi connectivity index (χ0n) is 12.5. The van der Waals surface area contributed by atoms with E-state index in [0.717, 1.165) is 40.7 Å². The van der Waals surface area contributed by atoms with Crippen LogP contribution in [0.4, 0.5) is 5.13 Å². The van der Waals surface area contributed by atoms with E-state index in [-0.39, 0.29) is 23.9 Å². The molecule has 0 saturated carbocycles. The summed E-state index contributed by atoms with van der Waals surface area (Å²) in [6.45, 7) is 1.84. The summed E-state index contributed by atoms with van der Waals surface area (Å²) >= 11 is 2.89. The van der Waals surface area contributed by atoms with E-state index in [1.54, 1.807) is 16.3 Å². The van der Waals surface area contributed by atoms with E-state index in [9.17, 15) is 9.59 Å². The third-order valence-electron chi connectivity index (χ3n) is 4.07. The van der Waals surface area contributed by atoms with Crippen LogP contribution in [0.3, 0.4) is 0 Å². The van der Waals surface area contributed by atoms with Crippen LogP contribution in [0.15, 0.2) is 9.95 Å². The molecular weight excluding hydrogens is 334 g/mol. The number of fused-ring (bicyclic) bond motifs is 2. The summed E-state index contributed by atoms with van der Waals surface area (Å²) < 4.78 is 1.71. The van der Waals surface area contributed by atoms with Crippen molar-refractivity contribution in [3.63, 3.8) is 0 Å². The second-order valence-corrected chi connectivity index (χ2v) is 7.86. The van der Waals surface area contributed by atoms with Crippen LogP contribution in [0.5, 0.6) is 0 Å². The van der Waals surface area contributed by atoms with Crippen LogP contribution < -0.4 is 10.9 Å². The van der Waals surface area contributed by atoms with Crippen molar-refractivity contribution < 1.29 is 4.79 Å². The van der Waals surface area contributed by atoms with Gasteiger partial charge in [-0.3, -0.25) is 14.2 Å². The molecule has 1 aliphatic heterocycles. The summed E-state index contributed by atoms with van der Waals surface area (Å²) in [6, 6.07) is -0.144. The van der Waals surface area contributed by atoms with Crippen molar-refractivity contribution in [1.29, 1.82) is 0 Å². The van der Waals surface area contributed by atoms with E-state index in [1.807, 2.05) is 6.92 Å². The number of carbonyl (C=O) groups is 1. The SMILES string of the molecule is Cc1nnc(NC(=O)CC2CSc3nc4c(c(=O)n32)CCC4)s1. The molecule has 0 bridgehead atoms. The number of rotatable bonds is 3. The van der Waals surface area contributed by atoms with Gasteiger partial charge in [-0.1, -0.05) is 23.1 Å². The molecule has 7 nitrogen and oxygen atoms in total. The van der Waals surface area contributed by atoms with Crippen molar-refractivity contribution in [3.05, 3.63) is 26.6 Å². The Morgan fingerprint density at radius 1 is 1.39 bits per heavy atom. The van der Waals surface area contributed by atoms with Gasteiger partial charge in [-0.05, 0) is 26.2 Å². The van der Waals surface area contributed by atoms with Crippen LogP contribution in [-0.2, 0) is 17.6 Å². The minimum atomic E-state index is -0.146. The Kier molecular flexibility index (Phi) is 3.68. The Hall–Kier alpha value is -1.74. The van der Waals surface area contributed by atoms with Crippen molar-refractivity contribution in [2.24, 2.45) is 0 Å². The number of aromatic nitrogens is 4. The predicted octanol–water partition coefficient (Wildman–Crippen LogP) is 1.57. The van der Waals surface area contributed by atoms with Gasteiger partial charge in [0, 0.05) is 17.7 Å². The van der Waals surface area contributed by atoms with Crippen LogP contribution in [0, 0.1) is 6.92 Å². The summed E-state index contributed by atoms with van der Waals surface area (Å²) in [5.74, 6) is 0.556. The maximum absolute atomic E-state index is 12.7. The number of aryl methyl sites for hydroxylation is 2. The van der Waals surface area contributed by atoms with Crippen LogP contribution in [0.2, 0.25) is 0 Å². The Morgan fingerprint density at radius 3 is 3.04 bits per heavy atom. The smallest absolute Gasteiger partial charge is 0.257 e. The van der Waals surface area contributed by atoms with Crippen LogP contribution in [0.25, 0.3) is 0 Å². The van der Waals surface area contributed by atoms with Crippen LogP contribution in [0.1, 0.15) is 35.1 Å². The number of hydrogen-bond donors (Lipinski definition) is 1. The molecular formula is C14H15N5O2S2. The first-order valence-corrected chi connectivity index (χ1v) is 9.29. The zero-order chi connectivity index (χ0) is 16.0. The molecule has 1 N–H and O–H groups in total. The van der Waals surface area contributed by atoms with E-state index in [2.05, 4.69) is 20.5 Å². The maximum atomic E-state index is 12.7. The lowest BCUT2D eigenvalue weighted by molar-refractivity contribution is -0.116. The lowest BCUT2D eigenvalue weighted by Gasteiger charge is -2.13. The average Bonchev–Trinajstić information content (AvgIpc) is 3.20. The Morgan fingerprint density at radius 2 is 2.26 bits per heavy atom. The normalized spacial score (nSPS) is 18.7. The maximum Gasteiger partial charge on any atom is 0.257 e. The molecule has 0 fully saturated rings. The van der Waals surface area contributed by atoms with Crippen molar-refractivity contribution in [3.8, 4) is 0 Å². The highest BCUT2D eigenvalue weighted by atomic mass is 32.2. The van der Waals surface area contributed by atoms with Crippen molar-refractivity contribution in [2.45, 2.75) is 43.8 Å². The van der Waals surface area contributed by atoms with E-state index in [4.69, 9.17) is 0 Å². The average molecular weight is 349 g/mol. The summed E-state index contributed by atoms with van der Waals surface area (Å²) in [7, 11) is 0. The summed E-state index contributed by atoms with van der Waals surface area (Å²) in [4.78, 5) is 29.5. The lowest BCUT2D eigenvalue weighted by atomic mass is 10.2. The summed E-state index contributed by atoms with van der Waals surface area (Å²) in [5, 5.41) is 12.6. The molecule has 9 heteroatoms.